The summed E-state index contributed by atoms with van der Waals surface area (Å²) in [5.41, 5.74) is 2.47. The third-order valence-electron chi connectivity index (χ3n) is 8.37. The van der Waals surface area contributed by atoms with E-state index in [-0.39, 0.29) is 36.1 Å². The molecule has 10 nitrogen and oxygen atoms in total. The van der Waals surface area contributed by atoms with Crippen molar-refractivity contribution in [1.82, 2.24) is 9.80 Å². The summed E-state index contributed by atoms with van der Waals surface area (Å²) in [6.45, 7) is 2.55. The van der Waals surface area contributed by atoms with Crippen LogP contribution in [0.2, 0.25) is 0 Å². The lowest BCUT2D eigenvalue weighted by molar-refractivity contribution is 0.0317. The summed E-state index contributed by atoms with van der Waals surface area (Å²) in [4.78, 5) is 39.3. The molecule has 6 rings (SSSR count). The normalized spacial score (nSPS) is 24.4. The van der Waals surface area contributed by atoms with Crippen molar-refractivity contribution in [2.75, 3.05) is 40.5 Å². The first kappa shape index (κ1) is 27.4. The van der Waals surface area contributed by atoms with Gasteiger partial charge in [0.1, 0.15) is 11.5 Å². The first-order chi connectivity index (χ1) is 20.1. The van der Waals surface area contributed by atoms with Gasteiger partial charge in [0.15, 0.2) is 0 Å². The highest BCUT2D eigenvalue weighted by Gasteiger charge is 2.40. The number of methoxy groups -OCH3 is 2. The van der Waals surface area contributed by atoms with Crippen LogP contribution in [0.4, 0.5) is 11.4 Å². The second-order valence-electron chi connectivity index (χ2n) is 10.8. The van der Waals surface area contributed by atoms with Crippen LogP contribution in [0.5, 0.6) is 11.5 Å². The fraction of sp³-hybridized carbons (Fsp3) is 0.484. The fourth-order valence-electron chi connectivity index (χ4n) is 6.09. The van der Waals surface area contributed by atoms with Gasteiger partial charge in [-0.05, 0) is 68.5 Å². The summed E-state index contributed by atoms with van der Waals surface area (Å²) in [6.07, 6.45) is 7.96. The zero-order chi connectivity index (χ0) is 28.3. The average molecular weight is 561 g/mol. The van der Waals surface area contributed by atoms with Crippen LogP contribution in [0.3, 0.4) is 0 Å². The van der Waals surface area contributed by atoms with Crippen LogP contribution in [0, 0.1) is 0 Å². The summed E-state index contributed by atoms with van der Waals surface area (Å²) in [6, 6.07) is 10.5. The maximum Gasteiger partial charge on any atom is 0.256 e. The molecule has 2 aromatic carbocycles. The minimum atomic E-state index is -0.161. The van der Waals surface area contributed by atoms with E-state index in [2.05, 4.69) is 9.98 Å². The standard InChI is InChI=1S/C31H36N4O6/c1-38-20-6-8-24-22(16-20)30(36)34-12-10-28(26(34)18-32-24)40-14-4-3-5-15-41-29-11-13-35-27(29)19-33-25-9-7-21(39-2)17-23(25)31(35)37/h6-9,16-19,26-29H,3-5,10-15H2,1-2H3/t26-,27-,28?,29?/m1/s1. The van der Waals surface area contributed by atoms with Crippen LogP contribution < -0.4 is 9.47 Å². The highest BCUT2D eigenvalue weighted by molar-refractivity contribution is 6.04. The number of hydrogen-bond donors (Lipinski definition) is 0. The molecule has 41 heavy (non-hydrogen) atoms. The zero-order valence-electron chi connectivity index (χ0n) is 23.5. The Morgan fingerprint density at radius 1 is 0.707 bits per heavy atom. The number of amides is 2. The first-order valence-electron chi connectivity index (χ1n) is 14.4. The molecular formula is C31H36N4O6. The van der Waals surface area contributed by atoms with E-state index >= 15 is 0 Å². The van der Waals surface area contributed by atoms with Crippen molar-refractivity contribution >= 4 is 35.6 Å². The lowest BCUT2D eigenvalue weighted by Crippen LogP contribution is -2.40. The number of fused-ring (bicyclic) bond motifs is 4. The maximum atomic E-state index is 13.2. The number of rotatable bonds is 10. The van der Waals surface area contributed by atoms with Gasteiger partial charge in [0.25, 0.3) is 11.8 Å². The summed E-state index contributed by atoms with van der Waals surface area (Å²) in [5.74, 6) is 1.24. The first-order valence-corrected chi connectivity index (χ1v) is 14.4. The van der Waals surface area contributed by atoms with Crippen LogP contribution in [0.1, 0.15) is 52.8 Å². The van der Waals surface area contributed by atoms with Crippen molar-refractivity contribution in [3.8, 4) is 11.5 Å². The molecule has 2 saturated heterocycles. The third kappa shape index (κ3) is 5.46. The summed E-state index contributed by atoms with van der Waals surface area (Å²) in [5, 5.41) is 0. The molecule has 4 heterocycles. The van der Waals surface area contributed by atoms with Gasteiger partial charge in [-0.3, -0.25) is 19.6 Å². The molecule has 4 aliphatic rings. The largest absolute Gasteiger partial charge is 0.497 e. The van der Waals surface area contributed by atoms with Gasteiger partial charge in [0.2, 0.25) is 0 Å². The van der Waals surface area contributed by atoms with Crippen LogP contribution >= 0.6 is 0 Å². The van der Waals surface area contributed by atoms with E-state index in [4.69, 9.17) is 18.9 Å². The van der Waals surface area contributed by atoms with Gasteiger partial charge in [0.05, 0.1) is 61.0 Å². The molecule has 0 spiro atoms. The number of carbonyl (C=O) groups excluding carboxylic acids is 2. The van der Waals surface area contributed by atoms with Gasteiger partial charge in [-0.1, -0.05) is 0 Å². The van der Waals surface area contributed by atoms with Crippen molar-refractivity contribution in [2.45, 2.75) is 56.4 Å². The number of nitrogens with zero attached hydrogens (tertiary/aromatic N) is 4. The monoisotopic (exact) mass is 560 g/mol. The Morgan fingerprint density at radius 2 is 1.17 bits per heavy atom. The number of unbranched alkanes of at least 4 members (excludes halogenated alkanes) is 2. The maximum absolute atomic E-state index is 13.2. The van der Waals surface area contributed by atoms with E-state index < -0.39 is 0 Å². The number of benzene rings is 2. The van der Waals surface area contributed by atoms with E-state index in [1.165, 1.54) is 0 Å². The van der Waals surface area contributed by atoms with Gasteiger partial charge >= 0.3 is 0 Å². The van der Waals surface area contributed by atoms with Crippen molar-refractivity contribution in [3.63, 3.8) is 0 Å². The Morgan fingerprint density at radius 3 is 1.61 bits per heavy atom. The van der Waals surface area contributed by atoms with Gasteiger partial charge in [0, 0.05) is 38.7 Å². The predicted octanol–water partition coefficient (Wildman–Crippen LogP) is 4.21. The molecule has 4 aliphatic heterocycles. The number of aliphatic imine (C=N–C) groups is 2. The van der Waals surface area contributed by atoms with Crippen LogP contribution in [-0.2, 0) is 9.47 Å². The second-order valence-corrected chi connectivity index (χ2v) is 10.8. The Kier molecular flexibility index (Phi) is 8.02. The van der Waals surface area contributed by atoms with Crippen molar-refractivity contribution in [3.05, 3.63) is 47.5 Å². The van der Waals surface area contributed by atoms with Crippen molar-refractivity contribution in [1.29, 1.82) is 0 Å². The van der Waals surface area contributed by atoms with Crippen molar-refractivity contribution < 1.29 is 28.5 Å². The lowest BCUT2D eigenvalue weighted by Gasteiger charge is -2.24. The lowest BCUT2D eigenvalue weighted by atomic mass is 10.1. The topological polar surface area (TPSA) is 102 Å². The van der Waals surface area contributed by atoms with Gasteiger partial charge < -0.3 is 28.7 Å². The van der Waals surface area contributed by atoms with Crippen LogP contribution in [-0.4, -0.2) is 98.9 Å². The molecule has 0 radical (unpaired) electrons. The molecule has 10 heteroatoms. The molecule has 4 atom stereocenters. The predicted molar refractivity (Wildman–Crippen MR) is 155 cm³/mol. The molecule has 2 fully saturated rings. The summed E-state index contributed by atoms with van der Waals surface area (Å²) in [7, 11) is 3.18. The minimum absolute atomic E-state index is 0.0286. The van der Waals surface area contributed by atoms with E-state index in [0.717, 1.165) is 32.1 Å². The minimum Gasteiger partial charge on any atom is -0.497 e. The Labute approximate surface area is 239 Å². The molecule has 0 bridgehead atoms. The Balaban J connectivity index is 0.935. The van der Waals surface area contributed by atoms with Gasteiger partial charge in [-0.15, -0.1) is 0 Å². The van der Waals surface area contributed by atoms with Gasteiger partial charge in [-0.25, -0.2) is 0 Å². The van der Waals surface area contributed by atoms with Crippen LogP contribution in [0.15, 0.2) is 46.4 Å². The SMILES string of the molecule is COc1ccc2c(c1)C(=O)N1CCC(OCCCCCOC3CCN4C(=O)c5cc(OC)ccc5N=C[C@H]34)[C@H]1C=N2. The summed E-state index contributed by atoms with van der Waals surface area (Å²) >= 11 is 0. The molecule has 0 aliphatic carbocycles. The molecule has 0 saturated carbocycles. The third-order valence-corrected chi connectivity index (χ3v) is 8.37. The smallest absolute Gasteiger partial charge is 0.256 e. The molecule has 2 amide bonds. The average Bonchev–Trinajstić information content (AvgIpc) is 3.53. The number of ether oxygens (including phenoxy) is 4. The number of carbonyl (C=O) groups is 2. The Bertz CT molecular complexity index is 1260. The molecule has 2 unspecified atom stereocenters. The molecular weight excluding hydrogens is 524 g/mol. The molecule has 216 valence electrons. The molecule has 2 aromatic rings. The fourth-order valence-corrected chi connectivity index (χ4v) is 6.09. The van der Waals surface area contributed by atoms with E-state index in [1.54, 1.807) is 26.4 Å². The van der Waals surface area contributed by atoms with Crippen LogP contribution in [0.25, 0.3) is 0 Å². The zero-order valence-corrected chi connectivity index (χ0v) is 23.5. The number of hydrogen-bond acceptors (Lipinski definition) is 8. The van der Waals surface area contributed by atoms with E-state index in [0.29, 0.717) is 60.3 Å². The van der Waals surface area contributed by atoms with Crippen molar-refractivity contribution in [2.24, 2.45) is 9.98 Å². The van der Waals surface area contributed by atoms with E-state index in [9.17, 15) is 9.59 Å². The highest BCUT2D eigenvalue weighted by atomic mass is 16.5. The molecule has 0 N–H and O–H groups in total. The Hall–Kier alpha value is -3.76. The van der Waals surface area contributed by atoms with E-state index in [1.807, 2.05) is 46.5 Å². The second kappa shape index (κ2) is 12.0. The quantitative estimate of drug-likeness (QED) is 0.404. The van der Waals surface area contributed by atoms with Gasteiger partial charge in [-0.2, -0.15) is 0 Å². The summed E-state index contributed by atoms with van der Waals surface area (Å²) < 4.78 is 23.0. The molecule has 0 aromatic heterocycles. The highest BCUT2D eigenvalue weighted by Crippen LogP contribution is 2.34.